The van der Waals surface area contributed by atoms with Gasteiger partial charge in [-0.3, -0.25) is 4.79 Å². The Bertz CT molecular complexity index is 392. The summed E-state index contributed by atoms with van der Waals surface area (Å²) in [6.45, 7) is 4.77. The lowest BCUT2D eigenvalue weighted by Crippen LogP contribution is -2.38. The van der Waals surface area contributed by atoms with Gasteiger partial charge in [-0.1, -0.05) is 37.8 Å². The van der Waals surface area contributed by atoms with Crippen LogP contribution in [0.2, 0.25) is 0 Å². The molecule has 1 unspecified atom stereocenters. The lowest BCUT2D eigenvalue weighted by atomic mass is 9.57. The second kappa shape index (κ2) is 5.42. The molecule has 1 fully saturated rings. The molecule has 106 valence electrons. The van der Waals surface area contributed by atoms with Gasteiger partial charge in [0.25, 0.3) is 0 Å². The van der Waals surface area contributed by atoms with Gasteiger partial charge >= 0.3 is 0 Å². The van der Waals surface area contributed by atoms with Crippen LogP contribution in [0.4, 0.5) is 0 Å². The van der Waals surface area contributed by atoms with E-state index in [-0.39, 0.29) is 0 Å². The highest BCUT2D eigenvalue weighted by molar-refractivity contribution is 5.82. The van der Waals surface area contributed by atoms with Gasteiger partial charge in [-0.05, 0) is 55.8 Å². The Morgan fingerprint density at radius 3 is 2.58 bits per heavy atom. The molecule has 19 heavy (non-hydrogen) atoms. The van der Waals surface area contributed by atoms with Crippen molar-refractivity contribution in [3.63, 3.8) is 0 Å². The number of carbonyl (C=O) groups excluding carboxylic acids is 1. The van der Waals surface area contributed by atoms with Gasteiger partial charge in [-0.2, -0.15) is 0 Å². The van der Waals surface area contributed by atoms with Crippen LogP contribution in [0.5, 0.6) is 0 Å². The van der Waals surface area contributed by atoms with Crippen molar-refractivity contribution in [2.24, 2.45) is 23.7 Å². The lowest BCUT2D eigenvalue weighted by Gasteiger charge is -2.48. The van der Waals surface area contributed by atoms with Crippen molar-refractivity contribution in [1.29, 1.82) is 0 Å². The van der Waals surface area contributed by atoms with Crippen LogP contribution >= 0.6 is 0 Å². The minimum atomic E-state index is 0.492. The highest BCUT2D eigenvalue weighted by Crippen LogP contribution is 2.52. The number of fused-ring (bicyclic) bond motifs is 2. The number of allylic oxidation sites excluding steroid dienone is 2. The van der Waals surface area contributed by atoms with E-state index in [1.165, 1.54) is 38.5 Å². The van der Waals surface area contributed by atoms with E-state index in [4.69, 9.17) is 0 Å². The van der Waals surface area contributed by atoms with Crippen LogP contribution in [0, 0.1) is 23.7 Å². The minimum absolute atomic E-state index is 0.492. The van der Waals surface area contributed by atoms with E-state index in [9.17, 15) is 4.79 Å². The molecule has 0 saturated heterocycles. The molecule has 0 radical (unpaired) electrons. The Morgan fingerprint density at radius 1 is 1.00 bits per heavy atom. The minimum Gasteiger partial charge on any atom is -0.299 e. The first-order chi connectivity index (χ1) is 9.24. The fraction of sp³-hybridized carbons (Fsp3) is 0.833. The highest BCUT2D eigenvalue weighted by atomic mass is 16.1. The van der Waals surface area contributed by atoms with E-state index >= 15 is 0 Å². The molecule has 0 aromatic rings. The van der Waals surface area contributed by atoms with Crippen molar-refractivity contribution in [1.82, 2.24) is 0 Å². The van der Waals surface area contributed by atoms with Gasteiger partial charge in [0, 0.05) is 12.8 Å². The van der Waals surface area contributed by atoms with Crippen LogP contribution in [0.15, 0.2) is 11.1 Å². The second-order valence-electron chi connectivity index (χ2n) is 6.97. The quantitative estimate of drug-likeness (QED) is 0.645. The van der Waals surface area contributed by atoms with E-state index in [1.54, 1.807) is 11.1 Å². The highest BCUT2D eigenvalue weighted by Gasteiger charge is 2.42. The molecule has 1 saturated carbocycles. The van der Waals surface area contributed by atoms with Gasteiger partial charge in [0.2, 0.25) is 0 Å². The summed E-state index contributed by atoms with van der Waals surface area (Å²) in [5, 5.41) is 0. The molecule has 0 aliphatic heterocycles. The van der Waals surface area contributed by atoms with E-state index in [0.717, 1.165) is 42.9 Å². The zero-order valence-corrected chi connectivity index (χ0v) is 12.6. The number of hydrogen-bond acceptors (Lipinski definition) is 1. The molecule has 0 spiro atoms. The maximum Gasteiger partial charge on any atom is 0.137 e. The molecule has 3 aliphatic rings. The van der Waals surface area contributed by atoms with Crippen LogP contribution in [-0.4, -0.2) is 5.78 Å². The number of ketones is 1. The van der Waals surface area contributed by atoms with Crippen molar-refractivity contribution in [2.75, 3.05) is 0 Å². The third kappa shape index (κ3) is 2.30. The Balaban J connectivity index is 1.85. The monoisotopic (exact) mass is 260 g/mol. The van der Waals surface area contributed by atoms with E-state index in [1.807, 2.05) is 0 Å². The molecule has 1 nitrogen and oxygen atoms in total. The van der Waals surface area contributed by atoms with Crippen LogP contribution < -0.4 is 0 Å². The molecule has 3 aliphatic carbocycles. The third-order valence-corrected chi connectivity index (χ3v) is 6.28. The van der Waals surface area contributed by atoms with E-state index in [2.05, 4.69) is 13.8 Å². The summed E-state index contributed by atoms with van der Waals surface area (Å²) < 4.78 is 0. The zero-order chi connectivity index (χ0) is 13.4. The summed E-state index contributed by atoms with van der Waals surface area (Å²) in [5.74, 6) is 4.21. The maximum absolute atomic E-state index is 11.7. The molecule has 3 rings (SSSR count). The average Bonchev–Trinajstić information content (AvgIpc) is 2.45. The summed E-state index contributed by atoms with van der Waals surface area (Å²) in [6.07, 6.45) is 10.9. The molecular formula is C18H28O. The largest absolute Gasteiger partial charge is 0.299 e. The molecule has 0 amide bonds. The summed E-state index contributed by atoms with van der Waals surface area (Å²) in [4.78, 5) is 11.7. The predicted octanol–water partition coefficient (Wildman–Crippen LogP) is 4.91. The van der Waals surface area contributed by atoms with Crippen molar-refractivity contribution in [3.8, 4) is 0 Å². The zero-order valence-electron chi connectivity index (χ0n) is 12.6. The predicted molar refractivity (Wildman–Crippen MR) is 78.9 cm³/mol. The molecular weight excluding hydrogens is 232 g/mol. The molecule has 0 heterocycles. The first-order valence-electron chi connectivity index (χ1n) is 8.47. The SMILES string of the molecule is CCC1CC[C@@H]2C3=C(CC[C@H]2[C@@H]1CC)CC(=O)CC3. The summed E-state index contributed by atoms with van der Waals surface area (Å²) in [6, 6.07) is 0. The molecule has 1 heteroatoms. The number of Topliss-reactive ketones (excluding diaryl/α,β-unsaturated/α-hetero) is 1. The Kier molecular flexibility index (Phi) is 3.82. The molecule has 0 aromatic carbocycles. The topological polar surface area (TPSA) is 17.1 Å². The number of hydrogen-bond donors (Lipinski definition) is 0. The van der Waals surface area contributed by atoms with Crippen LogP contribution in [0.25, 0.3) is 0 Å². The maximum atomic E-state index is 11.7. The van der Waals surface area contributed by atoms with Crippen LogP contribution in [0.3, 0.4) is 0 Å². The van der Waals surface area contributed by atoms with Crippen molar-refractivity contribution >= 4 is 5.78 Å². The lowest BCUT2D eigenvalue weighted by molar-refractivity contribution is -0.119. The molecule has 0 aromatic heterocycles. The smallest absolute Gasteiger partial charge is 0.137 e. The standard InChI is InChI=1S/C18H28O/c1-3-12-5-8-18-16-10-7-14(19)11-13(16)6-9-17(18)15(12)4-2/h12,15,17-18H,3-11H2,1-2H3/t12?,15-,17+,18-/m1/s1. The summed E-state index contributed by atoms with van der Waals surface area (Å²) in [7, 11) is 0. The number of carbonyl (C=O) groups is 1. The van der Waals surface area contributed by atoms with Gasteiger partial charge < -0.3 is 0 Å². The molecule has 0 N–H and O–H groups in total. The number of rotatable bonds is 2. The summed E-state index contributed by atoms with van der Waals surface area (Å²) >= 11 is 0. The fourth-order valence-corrected chi connectivity index (χ4v) is 5.39. The van der Waals surface area contributed by atoms with Crippen LogP contribution in [0.1, 0.15) is 71.6 Å². The van der Waals surface area contributed by atoms with Gasteiger partial charge in [-0.15, -0.1) is 0 Å². The van der Waals surface area contributed by atoms with Crippen molar-refractivity contribution < 1.29 is 4.79 Å². The third-order valence-electron chi connectivity index (χ3n) is 6.28. The normalized spacial score (nSPS) is 38.9. The van der Waals surface area contributed by atoms with Gasteiger partial charge in [0.1, 0.15) is 5.78 Å². The summed E-state index contributed by atoms with van der Waals surface area (Å²) in [5.41, 5.74) is 3.30. The van der Waals surface area contributed by atoms with Crippen LogP contribution in [-0.2, 0) is 4.79 Å². The average molecular weight is 260 g/mol. The Morgan fingerprint density at radius 2 is 1.84 bits per heavy atom. The first kappa shape index (κ1) is 13.4. The Hall–Kier alpha value is -0.590. The molecule has 0 bridgehead atoms. The van der Waals surface area contributed by atoms with Crippen molar-refractivity contribution in [3.05, 3.63) is 11.1 Å². The van der Waals surface area contributed by atoms with E-state index < -0.39 is 0 Å². The van der Waals surface area contributed by atoms with Crippen molar-refractivity contribution in [2.45, 2.75) is 71.6 Å². The Labute approximate surface area is 117 Å². The van der Waals surface area contributed by atoms with Gasteiger partial charge in [0.05, 0.1) is 0 Å². The molecule has 4 atom stereocenters. The fourth-order valence-electron chi connectivity index (χ4n) is 5.39. The second-order valence-corrected chi connectivity index (χ2v) is 6.97. The first-order valence-corrected chi connectivity index (χ1v) is 8.47. The van der Waals surface area contributed by atoms with Gasteiger partial charge in [0.15, 0.2) is 0 Å². The van der Waals surface area contributed by atoms with Gasteiger partial charge in [-0.25, -0.2) is 0 Å². The van der Waals surface area contributed by atoms with E-state index in [0.29, 0.717) is 5.78 Å².